The number of carbonyl (C=O) groups excluding carboxylic acids is 1. The van der Waals surface area contributed by atoms with Crippen LogP contribution >= 0.6 is 0 Å². The molecule has 3 aromatic rings. The summed E-state index contributed by atoms with van der Waals surface area (Å²) >= 11 is 0. The summed E-state index contributed by atoms with van der Waals surface area (Å²) in [5.74, 6) is 0.604. The molecule has 0 aliphatic rings. The highest BCUT2D eigenvalue weighted by Crippen LogP contribution is 2.11. The number of aromatic nitrogens is 2. The fourth-order valence-electron chi connectivity index (χ4n) is 2.25. The molecule has 0 fully saturated rings. The molecule has 0 radical (unpaired) electrons. The van der Waals surface area contributed by atoms with Crippen LogP contribution in [-0.4, -0.2) is 28.4 Å². The molecule has 2 aromatic heterocycles. The fraction of sp³-hybridized carbons (Fsp3) is 0.222. The maximum atomic E-state index is 12.1. The quantitative estimate of drug-likeness (QED) is 0.737. The van der Waals surface area contributed by atoms with E-state index < -0.39 is 0 Å². The average molecular weight is 309 g/mol. The van der Waals surface area contributed by atoms with Crippen LogP contribution in [0.5, 0.6) is 5.75 Å². The molecule has 118 valence electrons. The summed E-state index contributed by atoms with van der Waals surface area (Å²) in [7, 11) is 0. The molecule has 0 unspecified atom stereocenters. The summed E-state index contributed by atoms with van der Waals surface area (Å²) in [6, 6.07) is 11.7. The SMILES string of the molecule is Cc1ccc(OCCNC(=O)c2cn3ccc(C)cc3n2)cc1. The molecule has 5 nitrogen and oxygen atoms in total. The first-order chi connectivity index (χ1) is 11.1. The Hall–Kier alpha value is -2.82. The van der Waals surface area contributed by atoms with E-state index in [1.807, 2.05) is 60.8 Å². The van der Waals surface area contributed by atoms with Crippen molar-refractivity contribution in [2.75, 3.05) is 13.2 Å². The van der Waals surface area contributed by atoms with Gasteiger partial charge in [-0.25, -0.2) is 4.98 Å². The zero-order valence-corrected chi connectivity index (χ0v) is 13.2. The number of fused-ring (bicyclic) bond motifs is 1. The average Bonchev–Trinajstić information content (AvgIpc) is 2.96. The van der Waals surface area contributed by atoms with Gasteiger partial charge in [-0.1, -0.05) is 17.7 Å². The largest absolute Gasteiger partial charge is 0.492 e. The van der Waals surface area contributed by atoms with Crippen molar-refractivity contribution < 1.29 is 9.53 Å². The second-order valence-corrected chi connectivity index (χ2v) is 5.51. The Morgan fingerprint density at radius 2 is 1.96 bits per heavy atom. The zero-order chi connectivity index (χ0) is 16.2. The minimum Gasteiger partial charge on any atom is -0.492 e. The molecule has 2 heterocycles. The van der Waals surface area contributed by atoms with Gasteiger partial charge in [0.15, 0.2) is 0 Å². The van der Waals surface area contributed by atoms with Crippen LogP contribution in [0.3, 0.4) is 0 Å². The van der Waals surface area contributed by atoms with E-state index in [2.05, 4.69) is 10.3 Å². The lowest BCUT2D eigenvalue weighted by molar-refractivity contribution is 0.0942. The van der Waals surface area contributed by atoms with Gasteiger partial charge in [0.1, 0.15) is 23.7 Å². The van der Waals surface area contributed by atoms with Gasteiger partial charge in [-0.05, 0) is 43.7 Å². The van der Waals surface area contributed by atoms with Gasteiger partial charge in [0.25, 0.3) is 5.91 Å². The van der Waals surface area contributed by atoms with Gasteiger partial charge in [0, 0.05) is 12.4 Å². The van der Waals surface area contributed by atoms with E-state index in [1.54, 1.807) is 6.20 Å². The summed E-state index contributed by atoms with van der Waals surface area (Å²) in [5.41, 5.74) is 3.48. The lowest BCUT2D eigenvalue weighted by Crippen LogP contribution is -2.28. The lowest BCUT2D eigenvalue weighted by Gasteiger charge is -2.07. The smallest absolute Gasteiger partial charge is 0.271 e. The molecular weight excluding hydrogens is 290 g/mol. The van der Waals surface area contributed by atoms with Crippen LogP contribution in [0.2, 0.25) is 0 Å². The molecule has 0 atom stereocenters. The second kappa shape index (κ2) is 6.52. The van der Waals surface area contributed by atoms with Gasteiger partial charge >= 0.3 is 0 Å². The van der Waals surface area contributed by atoms with Crippen molar-refractivity contribution in [3.63, 3.8) is 0 Å². The van der Waals surface area contributed by atoms with Crippen molar-refractivity contribution in [2.24, 2.45) is 0 Å². The van der Waals surface area contributed by atoms with Crippen molar-refractivity contribution in [1.82, 2.24) is 14.7 Å². The maximum absolute atomic E-state index is 12.1. The highest BCUT2D eigenvalue weighted by molar-refractivity contribution is 5.92. The molecule has 0 saturated heterocycles. The van der Waals surface area contributed by atoms with Gasteiger partial charge in [-0.15, -0.1) is 0 Å². The first-order valence-electron chi connectivity index (χ1n) is 7.55. The Balaban J connectivity index is 1.53. The van der Waals surface area contributed by atoms with E-state index in [1.165, 1.54) is 5.56 Å². The number of amides is 1. The number of hydrogen-bond donors (Lipinski definition) is 1. The van der Waals surface area contributed by atoms with E-state index in [0.717, 1.165) is 17.0 Å². The molecule has 3 rings (SSSR count). The number of imidazole rings is 1. The van der Waals surface area contributed by atoms with E-state index in [0.29, 0.717) is 18.8 Å². The first kappa shape index (κ1) is 15.1. The Morgan fingerprint density at radius 3 is 2.74 bits per heavy atom. The molecule has 0 aliphatic carbocycles. The van der Waals surface area contributed by atoms with Crippen molar-refractivity contribution in [2.45, 2.75) is 13.8 Å². The number of aryl methyl sites for hydroxylation is 2. The molecule has 0 aliphatic heterocycles. The molecule has 23 heavy (non-hydrogen) atoms. The van der Waals surface area contributed by atoms with Crippen LogP contribution in [-0.2, 0) is 0 Å². The molecule has 5 heteroatoms. The Kier molecular flexibility index (Phi) is 4.28. The summed E-state index contributed by atoms with van der Waals surface area (Å²) in [6.07, 6.45) is 3.62. The van der Waals surface area contributed by atoms with Crippen LogP contribution < -0.4 is 10.1 Å². The van der Waals surface area contributed by atoms with Gasteiger partial charge in [-0.2, -0.15) is 0 Å². The predicted octanol–water partition coefficient (Wildman–Crippen LogP) is 2.76. The van der Waals surface area contributed by atoms with Crippen molar-refractivity contribution in [1.29, 1.82) is 0 Å². The Labute approximate surface area is 134 Å². The highest BCUT2D eigenvalue weighted by Gasteiger charge is 2.10. The summed E-state index contributed by atoms with van der Waals surface area (Å²) in [6.45, 7) is 4.87. The number of rotatable bonds is 5. The third-order valence-corrected chi connectivity index (χ3v) is 3.53. The van der Waals surface area contributed by atoms with Crippen LogP contribution in [0.25, 0.3) is 5.65 Å². The van der Waals surface area contributed by atoms with E-state index >= 15 is 0 Å². The standard InChI is InChI=1S/C18H19N3O2/c1-13-3-5-15(6-4-13)23-10-8-19-18(22)16-12-21-9-7-14(2)11-17(21)20-16/h3-7,9,11-12H,8,10H2,1-2H3,(H,19,22). The summed E-state index contributed by atoms with van der Waals surface area (Å²) < 4.78 is 7.42. The molecule has 0 saturated carbocycles. The first-order valence-corrected chi connectivity index (χ1v) is 7.55. The van der Waals surface area contributed by atoms with Gasteiger partial charge in [0.2, 0.25) is 0 Å². The van der Waals surface area contributed by atoms with E-state index in [9.17, 15) is 4.79 Å². The van der Waals surface area contributed by atoms with Crippen LogP contribution in [0, 0.1) is 13.8 Å². The normalized spacial score (nSPS) is 10.7. The van der Waals surface area contributed by atoms with E-state index in [-0.39, 0.29) is 5.91 Å². The number of nitrogens with one attached hydrogen (secondary N) is 1. The third-order valence-electron chi connectivity index (χ3n) is 3.53. The second-order valence-electron chi connectivity index (χ2n) is 5.51. The number of ether oxygens (including phenoxy) is 1. The molecule has 1 amide bonds. The highest BCUT2D eigenvalue weighted by atomic mass is 16.5. The molecule has 0 spiro atoms. The fourth-order valence-corrected chi connectivity index (χ4v) is 2.25. The third kappa shape index (κ3) is 3.69. The number of carbonyl (C=O) groups is 1. The minimum atomic E-state index is -0.196. The summed E-state index contributed by atoms with van der Waals surface area (Å²) in [5, 5.41) is 2.82. The molecular formula is C18H19N3O2. The predicted molar refractivity (Wildman–Crippen MR) is 88.9 cm³/mol. The maximum Gasteiger partial charge on any atom is 0.271 e. The molecule has 1 N–H and O–H groups in total. The molecule has 0 bridgehead atoms. The number of benzene rings is 1. The van der Waals surface area contributed by atoms with Crippen molar-refractivity contribution >= 4 is 11.6 Å². The van der Waals surface area contributed by atoms with Crippen molar-refractivity contribution in [3.05, 3.63) is 65.6 Å². The minimum absolute atomic E-state index is 0.196. The number of nitrogens with zero attached hydrogens (tertiary/aromatic N) is 2. The number of hydrogen-bond acceptors (Lipinski definition) is 3. The monoisotopic (exact) mass is 309 g/mol. The van der Waals surface area contributed by atoms with Gasteiger partial charge in [0.05, 0.1) is 6.54 Å². The Morgan fingerprint density at radius 1 is 1.17 bits per heavy atom. The van der Waals surface area contributed by atoms with Crippen molar-refractivity contribution in [3.8, 4) is 5.75 Å². The Bertz CT molecular complexity index is 822. The van der Waals surface area contributed by atoms with Gasteiger partial charge < -0.3 is 14.5 Å². The van der Waals surface area contributed by atoms with Crippen LogP contribution in [0.1, 0.15) is 21.6 Å². The lowest BCUT2D eigenvalue weighted by atomic mass is 10.2. The summed E-state index contributed by atoms with van der Waals surface area (Å²) in [4.78, 5) is 16.4. The number of pyridine rings is 1. The van der Waals surface area contributed by atoms with Crippen LogP contribution in [0.4, 0.5) is 0 Å². The molecule has 1 aromatic carbocycles. The van der Waals surface area contributed by atoms with Gasteiger partial charge in [-0.3, -0.25) is 4.79 Å². The zero-order valence-electron chi connectivity index (χ0n) is 13.2. The topological polar surface area (TPSA) is 55.6 Å². The van der Waals surface area contributed by atoms with Crippen LogP contribution in [0.15, 0.2) is 48.8 Å². The van der Waals surface area contributed by atoms with E-state index in [4.69, 9.17) is 4.74 Å².